The fourth-order valence-electron chi connectivity index (χ4n) is 11.3. The van der Waals surface area contributed by atoms with Crippen LogP contribution >= 0.6 is 10.7 Å². The van der Waals surface area contributed by atoms with Crippen LogP contribution in [0, 0.1) is 55.4 Å². The van der Waals surface area contributed by atoms with E-state index in [0.717, 1.165) is 74.5 Å². The number of nitrogens with zero attached hydrogens (tertiary/aromatic N) is 7. The van der Waals surface area contributed by atoms with E-state index < -0.39 is 97.1 Å². The minimum atomic E-state index is -3.72. The molecule has 714 valence electrons. The summed E-state index contributed by atoms with van der Waals surface area (Å²) in [4.78, 5) is 56.3. The molecular weight excluding hydrogens is 1930 g/mol. The lowest BCUT2D eigenvalue weighted by Gasteiger charge is -2.05. The minimum absolute atomic E-state index is 0.0642. The van der Waals surface area contributed by atoms with Gasteiger partial charge in [0.15, 0.2) is 12.1 Å². The van der Waals surface area contributed by atoms with Gasteiger partial charge < -0.3 is 19.7 Å². The molecule has 0 bridgehead atoms. The first kappa shape index (κ1) is 107. The van der Waals surface area contributed by atoms with Crippen molar-refractivity contribution in [2.45, 2.75) is 108 Å². The molecule has 0 aliphatic heterocycles. The number of carboxylic acids is 1. The van der Waals surface area contributed by atoms with E-state index in [1.165, 1.54) is 178 Å². The molecule has 0 aliphatic carbocycles. The number of ketones is 1. The van der Waals surface area contributed by atoms with E-state index in [-0.39, 0.29) is 57.8 Å². The van der Waals surface area contributed by atoms with Crippen molar-refractivity contribution in [3.8, 4) is 0 Å². The number of carboxylic acid groups (broad SMARTS) is 1. The van der Waals surface area contributed by atoms with Crippen molar-refractivity contribution >= 4 is 126 Å². The number of rotatable bonds is 22. The van der Waals surface area contributed by atoms with Gasteiger partial charge in [-0.25, -0.2) is 110 Å². The van der Waals surface area contributed by atoms with Crippen molar-refractivity contribution < 1.29 is 111 Å². The molecule has 0 aliphatic rings. The zero-order valence-electron chi connectivity index (χ0n) is 74.7. The second-order valence-electron chi connectivity index (χ2n) is 29.6. The highest BCUT2D eigenvalue weighted by Gasteiger charge is 2.25. The molecule has 136 heavy (non-hydrogen) atoms. The number of ether oxygens (including phenoxy) is 2. The highest BCUT2D eigenvalue weighted by Crippen LogP contribution is 2.25. The van der Waals surface area contributed by atoms with E-state index in [0.29, 0.717) is 33.4 Å². The van der Waals surface area contributed by atoms with Crippen LogP contribution in [-0.2, 0) is 100 Å². The smallest absolute Gasteiger partial charge is 0.339 e. The Morgan fingerprint density at radius 1 is 0.309 bits per heavy atom. The van der Waals surface area contributed by atoms with Crippen LogP contribution in [0.25, 0.3) is 6.08 Å². The Labute approximate surface area is 794 Å². The highest BCUT2D eigenvalue weighted by molar-refractivity contribution is 8.13. The van der Waals surface area contributed by atoms with Gasteiger partial charge in [-0.15, -0.1) is 0 Å². The predicted molar refractivity (Wildman–Crippen MR) is 512 cm³/mol. The van der Waals surface area contributed by atoms with Crippen LogP contribution in [0.15, 0.2) is 375 Å². The summed E-state index contributed by atoms with van der Waals surface area (Å²) in [5.41, 5.74) is 9.96. The number of aromatic carboxylic acids is 1. The van der Waals surface area contributed by atoms with Crippen LogP contribution < -0.4 is 0 Å². The topological polar surface area (TPSA) is 452 Å². The van der Waals surface area contributed by atoms with Gasteiger partial charge in [-0.3, -0.25) is 9.59 Å². The first-order valence-corrected chi connectivity index (χ1v) is 52.4. The van der Waals surface area contributed by atoms with Gasteiger partial charge in [-0.2, -0.15) is 0 Å². The van der Waals surface area contributed by atoms with Crippen LogP contribution in [-0.4, -0.2) is 150 Å². The van der Waals surface area contributed by atoms with Gasteiger partial charge in [-0.1, -0.05) is 142 Å². The lowest BCUT2D eigenvalue weighted by molar-refractivity contribution is -0.134. The van der Waals surface area contributed by atoms with Gasteiger partial charge in [0.05, 0.1) is 71.1 Å². The monoisotopic (exact) mass is 2020 g/mol. The van der Waals surface area contributed by atoms with Crippen LogP contribution in [0.2, 0.25) is 0 Å². The van der Waals surface area contributed by atoms with E-state index in [4.69, 9.17) is 20.9 Å². The maximum atomic E-state index is 12.4. The Balaban J connectivity index is 0.000000192. The number of aliphatic hydroxyl groups is 1. The van der Waals surface area contributed by atoms with Crippen LogP contribution in [0.4, 0.5) is 0 Å². The van der Waals surface area contributed by atoms with Gasteiger partial charge >= 0.3 is 17.9 Å². The number of hydrogen-bond acceptors (Lipinski definition) is 24. The van der Waals surface area contributed by atoms with Crippen molar-refractivity contribution in [1.82, 2.24) is 27.8 Å². The third kappa shape index (κ3) is 29.0. The lowest BCUT2D eigenvalue weighted by Crippen LogP contribution is -2.11. The lowest BCUT2D eigenvalue weighted by atomic mass is 10.2. The van der Waals surface area contributed by atoms with Gasteiger partial charge in [0.25, 0.3) is 79.2 Å². The summed E-state index contributed by atoms with van der Waals surface area (Å²) in [5, 5.41) is 17.7. The van der Waals surface area contributed by atoms with Crippen LogP contribution in [0.3, 0.4) is 0 Å². The quantitative estimate of drug-likeness (QED) is 0.0209. The maximum absolute atomic E-state index is 12.4. The predicted octanol–water partition coefficient (Wildman–Crippen LogP) is 15.3. The third-order valence-corrected chi connectivity index (χ3v) is 32.1. The Hall–Kier alpha value is -13.9. The molecule has 32 nitrogen and oxygen atoms in total. The number of aromatic nitrogens is 7. The average Bonchev–Trinajstić information content (AvgIpc) is 1.61. The van der Waals surface area contributed by atoms with Crippen LogP contribution in [0.1, 0.15) is 104 Å². The summed E-state index contributed by atoms with van der Waals surface area (Å²) in [6, 6.07) is 64.6. The molecule has 0 radical (unpaired) electrons. The Kier molecular flexibility index (Phi) is 37.0. The minimum Gasteiger partial charge on any atom is -0.478 e. The number of carbonyl (C=O) groups excluding carboxylic acids is 4. The number of aliphatic hydroxyl groups excluding tert-OH is 1. The first-order valence-electron chi connectivity index (χ1n) is 40.0. The average molecular weight is 2030 g/mol. The van der Waals surface area contributed by atoms with Gasteiger partial charge in [-0.05, 0) is 225 Å². The van der Waals surface area contributed by atoms with Crippen molar-refractivity contribution in [3.05, 3.63) is 413 Å². The molecule has 7 heterocycles. The van der Waals surface area contributed by atoms with E-state index in [1.54, 1.807) is 182 Å². The number of aryl methyl sites for hydroxylation is 8. The number of benzene rings is 8. The third-order valence-electron chi connectivity index (χ3n) is 19.2. The van der Waals surface area contributed by atoms with E-state index in [2.05, 4.69) is 9.47 Å². The van der Waals surface area contributed by atoms with Gasteiger partial charge in [0.2, 0.25) is 0 Å². The van der Waals surface area contributed by atoms with Crippen molar-refractivity contribution in [3.63, 3.8) is 0 Å². The zero-order chi connectivity index (χ0) is 100. The molecule has 0 amide bonds. The number of esters is 2. The molecule has 0 saturated carbocycles. The summed E-state index contributed by atoms with van der Waals surface area (Å²) >= 11 is 0. The number of methoxy groups -OCH3 is 2. The molecule has 7 aromatic heterocycles. The largest absolute Gasteiger partial charge is 0.478 e. The second-order valence-corrected chi connectivity index (χ2v) is 45.0. The van der Waals surface area contributed by atoms with Gasteiger partial charge in [0, 0.05) is 115 Å². The van der Waals surface area contributed by atoms with Crippen molar-refractivity contribution in [2.75, 3.05) is 14.2 Å². The van der Waals surface area contributed by atoms with Gasteiger partial charge in [0.1, 0.15) is 0 Å². The standard InChI is InChI=1S/C15H15NO4S.C13H13NO4S.C13H13NO3S.C12H11NO4S.C12H13NO3S.C12H11NO3S.C11H11NO2S.C7H7ClO2S/c1-12-3-6-14(7-4-12)21(18,19)16-10-9-13(11-16)5-8-15(17)20-2;1-10-3-5-12(6-4-10)19(16,17)14-8-7-11(9-14)13(15)18-2;1-10-3-5-13(6-4-10)18(16,17)14-8-7-12(9-14)11(2)15;1-9-2-4-11(5-3-9)18(16,17)13-7-6-10(8-13)12(14)15;2*1-10-2-4-12(5-3-10)17(15,16)13-7-6-11(8-13)9-14;1-10-4-6-11(7-5-10)15(13,14)12-8-2-3-9-12;1-6-2-4-7(5-3-6)11(8,9)10/h3-11H,1-2H3;3-9H,1-2H3;3-9H,1-2H3;2-8H,1H3,(H,14,15);2-8,14H,9H2,1H3;2-9H,1H3;2-9H,1H3;2-5H,1H3/b8-5+;;;;;;;. The number of aldehydes is 1. The normalized spacial score (nSPS) is 11.5. The molecule has 41 heteroatoms. The molecule has 0 fully saturated rings. The first-order chi connectivity index (χ1) is 63.9. The van der Waals surface area contributed by atoms with Crippen molar-refractivity contribution in [2.24, 2.45) is 0 Å². The molecule has 0 spiro atoms. The number of carbonyl (C=O) groups is 5. The molecule has 0 atom stereocenters. The summed E-state index contributed by atoms with van der Waals surface area (Å²) < 4.78 is 209. The van der Waals surface area contributed by atoms with Crippen molar-refractivity contribution in [1.29, 1.82) is 0 Å². The molecule has 0 unspecified atom stereocenters. The zero-order valence-corrected chi connectivity index (χ0v) is 82.0. The SMILES string of the molecule is CC(=O)c1ccn(S(=O)(=O)c2ccc(C)cc2)c1.COC(=O)/C=C/c1ccn(S(=O)(=O)c2ccc(C)cc2)c1.COC(=O)c1ccn(S(=O)(=O)c2ccc(C)cc2)c1.Cc1ccc(S(=O)(=O)Cl)cc1.Cc1ccc(S(=O)(=O)n2ccc(C(=O)O)c2)cc1.Cc1ccc(S(=O)(=O)n2ccc(C=O)c2)cc1.Cc1ccc(S(=O)(=O)n2ccc(CO)c2)cc1.Cc1ccc(S(=O)(=O)n2cccc2)cc1. The number of Topliss-reactive ketones (excluding diaryl/α,β-unsaturated/α-hetero) is 1. The van der Waals surface area contributed by atoms with Crippen LogP contribution in [0.5, 0.6) is 0 Å². The summed E-state index contributed by atoms with van der Waals surface area (Å²) in [7, 11) is -21.1. The molecule has 8 aromatic carbocycles. The fraction of sp³-hybridized carbons (Fsp3) is 0.126. The van der Waals surface area contributed by atoms with E-state index in [9.17, 15) is 91.3 Å². The number of halogens is 1. The Morgan fingerprint density at radius 3 is 0.816 bits per heavy atom. The summed E-state index contributed by atoms with van der Waals surface area (Å²) in [5.74, 6) is -2.39. The Bertz CT molecular complexity index is 7580. The van der Waals surface area contributed by atoms with E-state index >= 15 is 0 Å². The highest BCUT2D eigenvalue weighted by atomic mass is 35.7. The molecular formula is C95H94ClN7O25S8. The molecule has 0 saturated heterocycles. The Morgan fingerprint density at radius 2 is 0.559 bits per heavy atom. The molecule has 15 aromatic rings. The molecule has 15 rings (SSSR count). The van der Waals surface area contributed by atoms with E-state index in [1.807, 2.05) is 55.4 Å². The second kappa shape index (κ2) is 46.8. The number of hydrogen-bond donors (Lipinski definition) is 2. The fourth-order valence-corrected chi connectivity index (χ4v) is 20.5. The summed E-state index contributed by atoms with van der Waals surface area (Å²) in [6.45, 7) is 16.3. The molecule has 2 N–H and O–H groups in total. The summed E-state index contributed by atoms with van der Waals surface area (Å²) in [6.07, 6.45) is 22.3. The maximum Gasteiger partial charge on any atom is 0.339 e.